The highest BCUT2D eigenvalue weighted by molar-refractivity contribution is 7.95. The van der Waals surface area contributed by atoms with Crippen LogP contribution in [-0.4, -0.2) is 41.1 Å². The molecular weight excluding hydrogens is 288 g/mol. The molecule has 0 aromatic heterocycles. The van der Waals surface area contributed by atoms with Gasteiger partial charge in [-0.25, -0.2) is 16.8 Å². The number of nitrogens with zero attached hydrogens (tertiary/aromatic N) is 1. The van der Waals surface area contributed by atoms with Gasteiger partial charge in [-0.3, -0.25) is 4.31 Å². The minimum absolute atomic E-state index is 0.315. The molecule has 1 aliphatic heterocycles. The van der Waals surface area contributed by atoms with E-state index in [9.17, 15) is 16.8 Å². The van der Waals surface area contributed by atoms with Crippen LogP contribution in [0.25, 0.3) is 0 Å². The standard InChI is InChI=1S/C11H16N2O4S2/c1-18(14,15)7-8-19(16,17)13-6-5-9-10(12)3-2-4-11(9)13/h2-4H,5-8,12H2,1H3. The van der Waals surface area contributed by atoms with Gasteiger partial charge in [-0.15, -0.1) is 0 Å². The average molecular weight is 304 g/mol. The minimum atomic E-state index is -3.62. The second-order valence-corrected chi connectivity index (χ2v) is 8.89. The van der Waals surface area contributed by atoms with E-state index in [2.05, 4.69) is 0 Å². The van der Waals surface area contributed by atoms with Crippen LogP contribution in [0.2, 0.25) is 0 Å². The van der Waals surface area contributed by atoms with Gasteiger partial charge < -0.3 is 5.73 Å². The van der Waals surface area contributed by atoms with Crippen molar-refractivity contribution in [2.45, 2.75) is 6.42 Å². The van der Waals surface area contributed by atoms with Crippen molar-refractivity contribution in [3.63, 3.8) is 0 Å². The molecule has 0 fully saturated rings. The van der Waals surface area contributed by atoms with E-state index in [1.807, 2.05) is 0 Å². The molecule has 0 saturated heterocycles. The number of nitrogen functional groups attached to an aromatic ring is 1. The van der Waals surface area contributed by atoms with Crippen LogP contribution in [-0.2, 0) is 26.3 Å². The first-order valence-electron chi connectivity index (χ1n) is 5.76. The molecule has 0 amide bonds. The molecule has 8 heteroatoms. The van der Waals surface area contributed by atoms with Crippen LogP contribution in [0.4, 0.5) is 11.4 Å². The second-order valence-electron chi connectivity index (χ2n) is 4.61. The molecule has 6 nitrogen and oxygen atoms in total. The Morgan fingerprint density at radius 2 is 1.89 bits per heavy atom. The number of hydrogen-bond donors (Lipinski definition) is 1. The topological polar surface area (TPSA) is 97.5 Å². The molecule has 19 heavy (non-hydrogen) atoms. The van der Waals surface area contributed by atoms with E-state index in [-0.39, 0.29) is 5.75 Å². The first-order valence-corrected chi connectivity index (χ1v) is 9.43. The Bertz CT molecular complexity index is 695. The maximum atomic E-state index is 12.2. The molecule has 0 saturated carbocycles. The van der Waals surface area contributed by atoms with E-state index in [1.165, 1.54) is 4.31 Å². The molecule has 1 heterocycles. The molecule has 1 aromatic carbocycles. The minimum Gasteiger partial charge on any atom is -0.398 e. The summed E-state index contributed by atoms with van der Waals surface area (Å²) in [6, 6.07) is 5.11. The summed E-state index contributed by atoms with van der Waals surface area (Å²) in [5.41, 5.74) is 7.75. The van der Waals surface area contributed by atoms with Crippen LogP contribution >= 0.6 is 0 Å². The number of nitrogens with two attached hydrogens (primary N) is 1. The van der Waals surface area contributed by atoms with Gasteiger partial charge in [-0.05, 0) is 18.6 Å². The van der Waals surface area contributed by atoms with Crippen molar-refractivity contribution in [3.05, 3.63) is 23.8 Å². The molecule has 2 N–H and O–H groups in total. The van der Waals surface area contributed by atoms with Crippen LogP contribution in [0.5, 0.6) is 0 Å². The molecule has 0 spiro atoms. The number of fused-ring (bicyclic) bond motifs is 1. The lowest BCUT2D eigenvalue weighted by Crippen LogP contribution is -2.33. The predicted molar refractivity (Wildman–Crippen MR) is 75.4 cm³/mol. The summed E-state index contributed by atoms with van der Waals surface area (Å²) in [6.07, 6.45) is 1.58. The van der Waals surface area contributed by atoms with Crippen molar-refractivity contribution in [1.82, 2.24) is 0 Å². The van der Waals surface area contributed by atoms with Crippen LogP contribution < -0.4 is 10.0 Å². The van der Waals surface area contributed by atoms with Crippen molar-refractivity contribution in [2.75, 3.05) is 34.3 Å². The Hall–Kier alpha value is -1.28. The maximum absolute atomic E-state index is 12.2. The average Bonchev–Trinajstić information content (AvgIpc) is 2.72. The normalized spacial score (nSPS) is 15.5. The van der Waals surface area contributed by atoms with E-state index in [1.54, 1.807) is 18.2 Å². The lowest BCUT2D eigenvalue weighted by molar-refractivity contribution is 0.587. The van der Waals surface area contributed by atoms with Gasteiger partial charge in [-0.1, -0.05) is 6.07 Å². The molecule has 0 bridgehead atoms. The first-order chi connectivity index (χ1) is 8.71. The fraction of sp³-hybridized carbons (Fsp3) is 0.455. The molecule has 2 rings (SSSR count). The van der Waals surface area contributed by atoms with Gasteiger partial charge in [-0.2, -0.15) is 0 Å². The molecule has 0 unspecified atom stereocenters. The molecular formula is C11H16N2O4S2. The summed E-state index contributed by atoms with van der Waals surface area (Å²) in [6.45, 7) is 0.315. The predicted octanol–water partition coefficient (Wildman–Crippen LogP) is 0.00570. The Morgan fingerprint density at radius 3 is 2.53 bits per heavy atom. The molecule has 1 aliphatic rings. The first kappa shape index (κ1) is 14.1. The second kappa shape index (κ2) is 4.68. The monoisotopic (exact) mass is 304 g/mol. The maximum Gasteiger partial charge on any atom is 0.236 e. The number of benzene rings is 1. The largest absolute Gasteiger partial charge is 0.398 e. The summed E-state index contributed by atoms with van der Waals surface area (Å²) in [5, 5.41) is 0. The molecule has 0 atom stereocenters. The molecule has 0 aliphatic carbocycles. The third kappa shape index (κ3) is 3.01. The SMILES string of the molecule is CS(=O)(=O)CCS(=O)(=O)N1CCc2c(N)cccc21. The van der Waals surface area contributed by atoms with Crippen molar-refractivity contribution in [3.8, 4) is 0 Å². The van der Waals surface area contributed by atoms with Gasteiger partial charge in [0.25, 0.3) is 0 Å². The summed E-state index contributed by atoms with van der Waals surface area (Å²) in [4.78, 5) is 0. The molecule has 0 radical (unpaired) electrons. The number of sulfonamides is 1. The summed E-state index contributed by atoms with van der Waals surface area (Å²) in [5.74, 6) is -0.774. The van der Waals surface area contributed by atoms with E-state index in [4.69, 9.17) is 5.73 Å². The van der Waals surface area contributed by atoms with Crippen molar-refractivity contribution >= 4 is 31.2 Å². The number of hydrogen-bond acceptors (Lipinski definition) is 5. The van der Waals surface area contributed by atoms with Gasteiger partial charge >= 0.3 is 0 Å². The highest BCUT2D eigenvalue weighted by atomic mass is 32.2. The zero-order valence-corrected chi connectivity index (χ0v) is 12.2. The van der Waals surface area contributed by atoms with Gasteiger partial charge in [0.15, 0.2) is 0 Å². The van der Waals surface area contributed by atoms with E-state index in [0.29, 0.717) is 24.3 Å². The van der Waals surface area contributed by atoms with Crippen LogP contribution in [0.15, 0.2) is 18.2 Å². The Kier molecular flexibility index (Phi) is 3.48. The van der Waals surface area contributed by atoms with Gasteiger partial charge in [0, 0.05) is 24.1 Å². The van der Waals surface area contributed by atoms with Crippen LogP contribution in [0.3, 0.4) is 0 Å². The van der Waals surface area contributed by atoms with Gasteiger partial charge in [0.1, 0.15) is 9.84 Å². The fourth-order valence-electron chi connectivity index (χ4n) is 2.09. The highest BCUT2D eigenvalue weighted by Gasteiger charge is 2.30. The zero-order chi connectivity index (χ0) is 14.3. The van der Waals surface area contributed by atoms with Crippen molar-refractivity contribution in [1.29, 1.82) is 0 Å². The summed E-state index contributed by atoms with van der Waals surface area (Å²) < 4.78 is 47.8. The van der Waals surface area contributed by atoms with E-state index >= 15 is 0 Å². The molecule has 106 valence electrons. The smallest absolute Gasteiger partial charge is 0.236 e. The van der Waals surface area contributed by atoms with Crippen LogP contribution in [0.1, 0.15) is 5.56 Å². The Balaban J connectivity index is 2.28. The number of anilines is 2. The lowest BCUT2D eigenvalue weighted by Gasteiger charge is -2.19. The summed E-state index contributed by atoms with van der Waals surface area (Å²) >= 11 is 0. The van der Waals surface area contributed by atoms with Crippen molar-refractivity contribution in [2.24, 2.45) is 0 Å². The van der Waals surface area contributed by atoms with Gasteiger partial charge in [0.2, 0.25) is 10.0 Å². The zero-order valence-electron chi connectivity index (χ0n) is 10.5. The third-order valence-corrected chi connectivity index (χ3v) is 6.04. The highest BCUT2D eigenvalue weighted by Crippen LogP contribution is 2.33. The lowest BCUT2D eigenvalue weighted by atomic mass is 10.1. The fourth-order valence-corrected chi connectivity index (χ4v) is 5.20. The van der Waals surface area contributed by atoms with Crippen molar-refractivity contribution < 1.29 is 16.8 Å². The Morgan fingerprint density at radius 1 is 1.21 bits per heavy atom. The Labute approximate surface area is 113 Å². The van der Waals surface area contributed by atoms with E-state index < -0.39 is 25.6 Å². The summed E-state index contributed by atoms with van der Waals surface area (Å²) in [7, 11) is -6.93. The van der Waals surface area contributed by atoms with E-state index in [0.717, 1.165) is 11.8 Å². The number of rotatable bonds is 4. The van der Waals surface area contributed by atoms with Crippen LogP contribution in [0, 0.1) is 0 Å². The molecule has 1 aromatic rings. The number of sulfone groups is 1. The third-order valence-electron chi connectivity index (χ3n) is 3.07. The quantitative estimate of drug-likeness (QED) is 0.790. The van der Waals surface area contributed by atoms with Gasteiger partial charge in [0.05, 0.1) is 17.2 Å².